The number of fused-ring (bicyclic) bond motifs is 1. The van der Waals surface area contributed by atoms with Gasteiger partial charge in [-0.05, 0) is 84.9 Å². The Kier molecular flexibility index (Phi) is 4.47. The van der Waals surface area contributed by atoms with E-state index in [4.69, 9.17) is 4.99 Å². The van der Waals surface area contributed by atoms with E-state index in [1.165, 1.54) is 6.07 Å². The molecular formula is C28H27FN4O2. The van der Waals surface area contributed by atoms with Crippen molar-refractivity contribution in [3.8, 4) is 11.1 Å². The maximum atomic E-state index is 15.5. The van der Waals surface area contributed by atoms with Crippen molar-refractivity contribution in [2.24, 2.45) is 16.8 Å². The summed E-state index contributed by atoms with van der Waals surface area (Å²) in [6.07, 6.45) is 6.20. The summed E-state index contributed by atoms with van der Waals surface area (Å²) in [6.45, 7) is 1.90. The van der Waals surface area contributed by atoms with Crippen LogP contribution in [0.1, 0.15) is 37.7 Å². The number of hydrogen-bond acceptors (Lipinski definition) is 3. The smallest absolute Gasteiger partial charge is 0.256 e. The number of aromatic amines is 1. The average Bonchev–Trinajstić information content (AvgIpc) is 3.74. The van der Waals surface area contributed by atoms with E-state index in [-0.39, 0.29) is 29.5 Å². The SMILES string of the molecule is O=C(C1CC1)N1CCC(CN2C(=O)C3(CC3)N=C2c2ccc(-c3ccc4[nH]ccc4c3)cc2F)C1. The van der Waals surface area contributed by atoms with Crippen molar-refractivity contribution in [1.29, 1.82) is 0 Å². The minimum atomic E-state index is -0.693. The number of rotatable bonds is 5. The van der Waals surface area contributed by atoms with E-state index in [0.29, 0.717) is 24.5 Å². The number of carbonyl (C=O) groups is 2. The summed E-state index contributed by atoms with van der Waals surface area (Å²) in [7, 11) is 0. The number of likely N-dealkylation sites (tertiary alicyclic amines) is 1. The van der Waals surface area contributed by atoms with Crippen LogP contribution in [-0.4, -0.2) is 57.6 Å². The third-order valence-electron chi connectivity index (χ3n) is 8.00. The Morgan fingerprint density at radius 1 is 1.09 bits per heavy atom. The Morgan fingerprint density at radius 2 is 1.89 bits per heavy atom. The molecule has 7 heteroatoms. The van der Waals surface area contributed by atoms with E-state index in [1.807, 2.05) is 41.4 Å². The minimum Gasteiger partial charge on any atom is -0.361 e. The Labute approximate surface area is 202 Å². The summed E-state index contributed by atoms with van der Waals surface area (Å²) in [6, 6.07) is 13.2. The van der Waals surface area contributed by atoms with Gasteiger partial charge < -0.3 is 9.88 Å². The van der Waals surface area contributed by atoms with Crippen LogP contribution in [0.25, 0.3) is 22.0 Å². The number of nitrogens with one attached hydrogen (secondary N) is 1. The Balaban J connectivity index is 1.15. The number of aliphatic imine (C=N–C) groups is 1. The zero-order valence-electron chi connectivity index (χ0n) is 19.5. The molecule has 1 saturated heterocycles. The summed E-state index contributed by atoms with van der Waals surface area (Å²) in [5.74, 6) is 0.719. The summed E-state index contributed by atoms with van der Waals surface area (Å²) in [5, 5.41) is 1.07. The van der Waals surface area contributed by atoms with E-state index in [0.717, 1.165) is 60.7 Å². The maximum Gasteiger partial charge on any atom is 0.256 e. The van der Waals surface area contributed by atoms with E-state index in [1.54, 1.807) is 11.0 Å². The Morgan fingerprint density at radius 3 is 2.66 bits per heavy atom. The monoisotopic (exact) mass is 470 g/mol. The minimum absolute atomic E-state index is 0.0131. The number of hydrogen-bond donors (Lipinski definition) is 1. The number of carbonyl (C=O) groups excluding carboxylic acids is 2. The first-order valence-corrected chi connectivity index (χ1v) is 12.6. The third-order valence-corrected chi connectivity index (χ3v) is 8.00. The predicted octanol–water partition coefficient (Wildman–Crippen LogP) is 4.35. The fourth-order valence-electron chi connectivity index (χ4n) is 5.61. The molecule has 2 aromatic carbocycles. The predicted molar refractivity (Wildman–Crippen MR) is 131 cm³/mol. The van der Waals surface area contributed by atoms with Crippen LogP contribution < -0.4 is 0 Å². The molecule has 3 fully saturated rings. The van der Waals surface area contributed by atoms with Crippen LogP contribution in [0, 0.1) is 17.7 Å². The van der Waals surface area contributed by atoms with Gasteiger partial charge in [-0.25, -0.2) is 4.39 Å². The van der Waals surface area contributed by atoms with Crippen molar-refractivity contribution in [3.05, 3.63) is 60.0 Å². The lowest BCUT2D eigenvalue weighted by molar-refractivity contribution is -0.131. The molecule has 2 amide bonds. The van der Waals surface area contributed by atoms with Gasteiger partial charge >= 0.3 is 0 Å². The molecule has 7 rings (SSSR count). The van der Waals surface area contributed by atoms with Crippen LogP contribution in [0.3, 0.4) is 0 Å². The molecular weight excluding hydrogens is 443 g/mol. The second kappa shape index (κ2) is 7.51. The molecule has 0 radical (unpaired) electrons. The molecule has 3 aromatic rings. The van der Waals surface area contributed by atoms with Crippen molar-refractivity contribution >= 4 is 28.6 Å². The van der Waals surface area contributed by atoms with Gasteiger partial charge in [0.15, 0.2) is 0 Å². The molecule has 1 unspecified atom stereocenters. The van der Waals surface area contributed by atoms with Gasteiger partial charge in [0.05, 0.1) is 5.56 Å². The topological polar surface area (TPSA) is 68.8 Å². The van der Waals surface area contributed by atoms with Gasteiger partial charge in [0.25, 0.3) is 5.91 Å². The lowest BCUT2D eigenvalue weighted by Crippen LogP contribution is -2.41. The number of aromatic nitrogens is 1. The average molecular weight is 471 g/mol. The lowest BCUT2D eigenvalue weighted by Gasteiger charge is -2.24. The Hall–Kier alpha value is -3.48. The van der Waals surface area contributed by atoms with Crippen molar-refractivity contribution in [3.63, 3.8) is 0 Å². The lowest BCUT2D eigenvalue weighted by atomic mass is 10.0. The van der Waals surface area contributed by atoms with Crippen molar-refractivity contribution < 1.29 is 14.0 Å². The molecule has 1 aromatic heterocycles. The molecule has 1 spiro atoms. The first-order valence-electron chi connectivity index (χ1n) is 12.6. The van der Waals surface area contributed by atoms with E-state index < -0.39 is 5.54 Å². The molecule has 1 atom stereocenters. The van der Waals surface area contributed by atoms with Gasteiger partial charge in [0.2, 0.25) is 5.91 Å². The quantitative estimate of drug-likeness (QED) is 0.602. The summed E-state index contributed by atoms with van der Waals surface area (Å²) in [4.78, 5) is 37.4. The van der Waals surface area contributed by atoms with Gasteiger partial charge in [0.1, 0.15) is 17.2 Å². The van der Waals surface area contributed by atoms with Gasteiger partial charge in [0, 0.05) is 37.3 Å². The first-order chi connectivity index (χ1) is 17.0. The number of nitrogens with zero attached hydrogens (tertiary/aromatic N) is 3. The van der Waals surface area contributed by atoms with Crippen LogP contribution in [0.4, 0.5) is 4.39 Å². The van der Waals surface area contributed by atoms with Gasteiger partial charge in [-0.3, -0.25) is 19.5 Å². The van der Waals surface area contributed by atoms with Crippen LogP contribution >= 0.6 is 0 Å². The third kappa shape index (κ3) is 3.48. The molecule has 178 valence electrons. The molecule has 3 heterocycles. The first kappa shape index (κ1) is 20.9. The highest BCUT2D eigenvalue weighted by Gasteiger charge is 2.58. The zero-order chi connectivity index (χ0) is 23.7. The summed E-state index contributed by atoms with van der Waals surface area (Å²) < 4.78 is 15.5. The van der Waals surface area contributed by atoms with Gasteiger partial charge in [-0.15, -0.1) is 0 Å². The number of H-pyrrole nitrogens is 1. The summed E-state index contributed by atoms with van der Waals surface area (Å²) in [5.41, 5.74) is 2.45. The highest BCUT2D eigenvalue weighted by molar-refractivity contribution is 6.16. The number of amides is 2. The number of benzene rings is 2. The van der Waals surface area contributed by atoms with Crippen molar-refractivity contribution in [2.45, 2.75) is 37.6 Å². The normalized spacial score (nSPS) is 22.9. The van der Waals surface area contributed by atoms with Crippen LogP contribution in [0.5, 0.6) is 0 Å². The zero-order valence-corrected chi connectivity index (χ0v) is 19.5. The second-order valence-corrected chi connectivity index (χ2v) is 10.6. The highest BCUT2D eigenvalue weighted by Crippen LogP contribution is 2.46. The number of amidine groups is 1. The van der Waals surface area contributed by atoms with E-state index in [9.17, 15) is 9.59 Å². The molecule has 2 aliphatic carbocycles. The highest BCUT2D eigenvalue weighted by atomic mass is 19.1. The van der Waals surface area contributed by atoms with Crippen molar-refractivity contribution in [1.82, 2.24) is 14.8 Å². The number of halogens is 1. The fraction of sp³-hybridized carbons (Fsp3) is 0.393. The maximum absolute atomic E-state index is 15.5. The van der Waals surface area contributed by atoms with Crippen LogP contribution in [0.15, 0.2) is 53.7 Å². The fourth-order valence-corrected chi connectivity index (χ4v) is 5.61. The standard InChI is InChI=1S/C28H27FN4O2/c29-23-14-20(19-4-6-24-21(13-19)7-11-30-24)3-5-22(23)25-31-28(9-10-28)27(35)33(25)16-17-8-12-32(15-17)26(34)18-1-2-18/h3-7,11,13-14,17-18,30H,1-2,8-10,12,15-16H2. The molecule has 2 saturated carbocycles. The Bertz CT molecular complexity index is 1400. The summed E-state index contributed by atoms with van der Waals surface area (Å²) >= 11 is 0. The van der Waals surface area contributed by atoms with Crippen molar-refractivity contribution in [2.75, 3.05) is 19.6 Å². The molecule has 2 aliphatic heterocycles. The molecule has 4 aliphatic rings. The molecule has 1 N–H and O–H groups in total. The largest absolute Gasteiger partial charge is 0.361 e. The van der Waals surface area contributed by atoms with E-state index in [2.05, 4.69) is 4.98 Å². The second-order valence-electron chi connectivity index (χ2n) is 10.6. The van der Waals surface area contributed by atoms with Gasteiger partial charge in [-0.1, -0.05) is 12.1 Å². The van der Waals surface area contributed by atoms with E-state index >= 15 is 4.39 Å². The molecule has 35 heavy (non-hydrogen) atoms. The van der Waals surface area contributed by atoms with Crippen LogP contribution in [0.2, 0.25) is 0 Å². The molecule has 6 nitrogen and oxygen atoms in total. The molecule has 0 bridgehead atoms. The van der Waals surface area contributed by atoms with Crippen LogP contribution in [-0.2, 0) is 9.59 Å². The van der Waals surface area contributed by atoms with Gasteiger partial charge in [-0.2, -0.15) is 0 Å².